The standard InChI is InChI=1S/C25H25ClN2O3/c1-17-5-4-6-18(2)24(17)27-23(29)15-28(3)25(30)20-9-7-19(8-10-20)16-31-22-13-11-21(26)12-14-22/h4-14H,15-16H2,1-3H3,(H,27,29). The van der Waals surface area contributed by atoms with Crippen molar-refractivity contribution in [3.8, 4) is 5.75 Å². The topological polar surface area (TPSA) is 58.6 Å². The summed E-state index contributed by atoms with van der Waals surface area (Å²) in [5.74, 6) is 0.266. The van der Waals surface area contributed by atoms with Gasteiger partial charge in [0.1, 0.15) is 12.4 Å². The Labute approximate surface area is 187 Å². The first-order chi connectivity index (χ1) is 14.8. The molecule has 1 N–H and O–H groups in total. The number of hydrogen-bond acceptors (Lipinski definition) is 3. The summed E-state index contributed by atoms with van der Waals surface area (Å²) < 4.78 is 5.72. The second-order valence-corrected chi connectivity index (χ2v) is 7.85. The number of anilines is 1. The third-order valence-corrected chi connectivity index (χ3v) is 5.15. The number of carbonyl (C=O) groups excluding carboxylic acids is 2. The Bertz CT molecular complexity index is 1040. The van der Waals surface area contributed by atoms with E-state index in [0.29, 0.717) is 17.2 Å². The molecule has 160 valence electrons. The molecule has 31 heavy (non-hydrogen) atoms. The van der Waals surface area contributed by atoms with Gasteiger partial charge in [-0.15, -0.1) is 0 Å². The van der Waals surface area contributed by atoms with Crippen LogP contribution in [0.4, 0.5) is 5.69 Å². The minimum absolute atomic E-state index is 0.0337. The predicted octanol–water partition coefficient (Wildman–Crippen LogP) is 5.25. The lowest BCUT2D eigenvalue weighted by atomic mass is 10.1. The average Bonchev–Trinajstić information content (AvgIpc) is 2.76. The Morgan fingerprint density at radius 1 is 0.935 bits per heavy atom. The van der Waals surface area contributed by atoms with Crippen molar-refractivity contribution in [2.24, 2.45) is 0 Å². The van der Waals surface area contributed by atoms with Crippen molar-refractivity contribution in [2.45, 2.75) is 20.5 Å². The summed E-state index contributed by atoms with van der Waals surface area (Å²) in [5.41, 5.74) is 4.20. The van der Waals surface area contributed by atoms with E-state index < -0.39 is 0 Å². The van der Waals surface area contributed by atoms with E-state index in [1.165, 1.54) is 4.90 Å². The van der Waals surface area contributed by atoms with Gasteiger partial charge in [0.05, 0.1) is 6.54 Å². The van der Waals surface area contributed by atoms with Crippen LogP contribution in [0.5, 0.6) is 5.75 Å². The Morgan fingerprint density at radius 3 is 2.16 bits per heavy atom. The molecule has 0 saturated carbocycles. The Balaban J connectivity index is 1.55. The number of carbonyl (C=O) groups is 2. The van der Waals surface area contributed by atoms with Gasteiger partial charge in [-0.1, -0.05) is 41.9 Å². The molecule has 3 aromatic rings. The van der Waals surface area contributed by atoms with Crippen molar-refractivity contribution in [1.82, 2.24) is 4.90 Å². The average molecular weight is 437 g/mol. The van der Waals surface area contributed by atoms with Gasteiger partial charge in [0.25, 0.3) is 5.91 Å². The van der Waals surface area contributed by atoms with Gasteiger partial charge < -0.3 is 15.0 Å². The Kier molecular flexibility index (Phi) is 7.32. The molecule has 0 saturated heterocycles. The fourth-order valence-electron chi connectivity index (χ4n) is 3.14. The lowest BCUT2D eigenvalue weighted by Crippen LogP contribution is -2.35. The maximum Gasteiger partial charge on any atom is 0.254 e. The predicted molar refractivity (Wildman–Crippen MR) is 124 cm³/mol. The number of halogens is 1. The van der Waals surface area contributed by atoms with Crippen molar-refractivity contribution in [1.29, 1.82) is 0 Å². The molecule has 3 rings (SSSR count). The summed E-state index contributed by atoms with van der Waals surface area (Å²) in [6.45, 7) is 4.23. The van der Waals surface area contributed by atoms with Crippen LogP contribution in [-0.4, -0.2) is 30.3 Å². The van der Waals surface area contributed by atoms with E-state index in [-0.39, 0.29) is 18.4 Å². The largest absolute Gasteiger partial charge is 0.489 e. The monoisotopic (exact) mass is 436 g/mol. The van der Waals surface area contributed by atoms with Gasteiger partial charge in [0.15, 0.2) is 0 Å². The molecule has 0 aliphatic carbocycles. The third kappa shape index (κ3) is 6.09. The summed E-state index contributed by atoms with van der Waals surface area (Å²) in [7, 11) is 1.62. The fourth-order valence-corrected chi connectivity index (χ4v) is 3.27. The molecule has 2 amide bonds. The fraction of sp³-hybridized carbons (Fsp3) is 0.200. The number of hydrogen-bond donors (Lipinski definition) is 1. The molecule has 3 aromatic carbocycles. The summed E-state index contributed by atoms with van der Waals surface area (Å²) in [5, 5.41) is 3.56. The molecule has 0 atom stereocenters. The highest BCUT2D eigenvalue weighted by Crippen LogP contribution is 2.20. The lowest BCUT2D eigenvalue weighted by Gasteiger charge is -2.18. The normalized spacial score (nSPS) is 10.5. The number of benzene rings is 3. The molecule has 0 aliphatic heterocycles. The van der Waals surface area contributed by atoms with Crippen LogP contribution >= 0.6 is 11.6 Å². The first-order valence-electron chi connectivity index (χ1n) is 9.92. The summed E-state index contributed by atoms with van der Waals surface area (Å²) in [4.78, 5) is 26.5. The maximum absolute atomic E-state index is 12.7. The van der Waals surface area contributed by atoms with Gasteiger partial charge in [-0.05, 0) is 66.9 Å². The number of aryl methyl sites for hydroxylation is 2. The zero-order valence-corrected chi connectivity index (χ0v) is 18.6. The molecule has 0 unspecified atom stereocenters. The molecular weight excluding hydrogens is 412 g/mol. The van der Waals surface area contributed by atoms with Gasteiger partial charge in [-0.2, -0.15) is 0 Å². The molecule has 0 heterocycles. The van der Waals surface area contributed by atoms with Crippen molar-refractivity contribution in [2.75, 3.05) is 18.9 Å². The second-order valence-electron chi connectivity index (χ2n) is 7.42. The quantitative estimate of drug-likeness (QED) is 0.550. The van der Waals surface area contributed by atoms with Crippen molar-refractivity contribution >= 4 is 29.1 Å². The van der Waals surface area contributed by atoms with E-state index in [2.05, 4.69) is 5.32 Å². The number of amides is 2. The molecule has 6 heteroatoms. The minimum atomic E-state index is -0.235. The smallest absolute Gasteiger partial charge is 0.254 e. The maximum atomic E-state index is 12.7. The zero-order chi connectivity index (χ0) is 22.4. The van der Waals surface area contributed by atoms with E-state index in [0.717, 1.165) is 28.1 Å². The lowest BCUT2D eigenvalue weighted by molar-refractivity contribution is -0.116. The van der Waals surface area contributed by atoms with E-state index >= 15 is 0 Å². The first-order valence-corrected chi connectivity index (χ1v) is 10.3. The van der Waals surface area contributed by atoms with Crippen LogP contribution < -0.4 is 10.1 Å². The van der Waals surface area contributed by atoms with E-state index in [9.17, 15) is 9.59 Å². The molecule has 5 nitrogen and oxygen atoms in total. The second kappa shape index (κ2) is 10.1. The minimum Gasteiger partial charge on any atom is -0.489 e. The highest BCUT2D eigenvalue weighted by molar-refractivity contribution is 6.30. The Hall–Kier alpha value is -3.31. The van der Waals surface area contributed by atoms with Crippen LogP contribution in [0.3, 0.4) is 0 Å². The van der Waals surface area contributed by atoms with Gasteiger partial charge >= 0.3 is 0 Å². The van der Waals surface area contributed by atoms with Gasteiger partial charge in [-0.3, -0.25) is 9.59 Å². The van der Waals surface area contributed by atoms with Gasteiger partial charge in [-0.25, -0.2) is 0 Å². The highest BCUT2D eigenvalue weighted by Gasteiger charge is 2.16. The van der Waals surface area contributed by atoms with Crippen LogP contribution in [0.25, 0.3) is 0 Å². The molecule has 0 aliphatic rings. The number of rotatable bonds is 7. The third-order valence-electron chi connectivity index (χ3n) is 4.89. The SMILES string of the molecule is Cc1cccc(C)c1NC(=O)CN(C)C(=O)c1ccc(COc2ccc(Cl)cc2)cc1. The van der Waals surface area contributed by atoms with Crippen molar-refractivity contribution in [3.63, 3.8) is 0 Å². The first kappa shape index (κ1) is 22.4. The molecule has 0 fully saturated rings. The molecule has 0 aromatic heterocycles. The van der Waals surface area contributed by atoms with E-state index in [4.69, 9.17) is 16.3 Å². The van der Waals surface area contributed by atoms with Gasteiger partial charge in [0, 0.05) is 23.3 Å². The number of para-hydroxylation sites is 1. The molecule has 0 spiro atoms. The van der Waals surface area contributed by atoms with E-state index in [1.54, 1.807) is 43.4 Å². The molecular formula is C25H25ClN2O3. The van der Waals surface area contributed by atoms with Gasteiger partial charge in [0.2, 0.25) is 5.91 Å². The Morgan fingerprint density at radius 2 is 1.55 bits per heavy atom. The zero-order valence-electron chi connectivity index (χ0n) is 17.8. The van der Waals surface area contributed by atoms with Crippen LogP contribution in [0.2, 0.25) is 5.02 Å². The van der Waals surface area contributed by atoms with Crippen molar-refractivity contribution in [3.05, 3.63) is 94.0 Å². The van der Waals surface area contributed by atoms with Crippen molar-refractivity contribution < 1.29 is 14.3 Å². The number of nitrogens with zero attached hydrogens (tertiary/aromatic N) is 1. The summed E-state index contributed by atoms with van der Waals surface area (Å²) in [6.07, 6.45) is 0. The number of likely N-dealkylation sites (N-methyl/N-ethyl adjacent to an activating group) is 1. The number of nitrogens with one attached hydrogen (secondary N) is 1. The summed E-state index contributed by atoms with van der Waals surface area (Å²) >= 11 is 5.87. The van der Waals surface area contributed by atoms with Crippen LogP contribution in [0.15, 0.2) is 66.7 Å². The van der Waals surface area contributed by atoms with E-state index in [1.807, 2.05) is 44.2 Å². The van der Waals surface area contributed by atoms with Crippen LogP contribution in [0, 0.1) is 13.8 Å². The summed E-state index contributed by atoms with van der Waals surface area (Å²) in [6, 6.07) is 20.1. The van der Waals surface area contributed by atoms with Crippen LogP contribution in [-0.2, 0) is 11.4 Å². The molecule has 0 radical (unpaired) electrons. The number of ether oxygens (including phenoxy) is 1. The van der Waals surface area contributed by atoms with Crippen LogP contribution in [0.1, 0.15) is 27.0 Å². The molecule has 0 bridgehead atoms. The highest BCUT2D eigenvalue weighted by atomic mass is 35.5.